The van der Waals surface area contributed by atoms with Gasteiger partial charge < -0.3 is 30.6 Å². The second kappa shape index (κ2) is 21.6. The number of aromatic nitrogens is 2. The van der Waals surface area contributed by atoms with Crippen LogP contribution in [0.5, 0.6) is 0 Å². The summed E-state index contributed by atoms with van der Waals surface area (Å²) in [5.41, 5.74) is 7.50. The summed E-state index contributed by atoms with van der Waals surface area (Å²) < 4.78 is 0. The van der Waals surface area contributed by atoms with E-state index in [1.807, 2.05) is 37.4 Å². The maximum absolute atomic E-state index is 14.3. The summed E-state index contributed by atoms with van der Waals surface area (Å²) in [6, 6.07) is 5.09. The Labute approximate surface area is 315 Å². The molecule has 0 spiro atoms. The molecule has 0 radical (unpaired) electrons. The Morgan fingerprint density at radius 1 is 0.904 bits per heavy atom. The number of carbonyl (C=O) groups excluding carboxylic acids is 3. The van der Waals surface area contributed by atoms with E-state index in [0.717, 1.165) is 57.1 Å². The number of thiazole rings is 1. The number of nitrogen functional groups attached to an aromatic ring is 1. The van der Waals surface area contributed by atoms with Crippen LogP contribution in [0.2, 0.25) is 0 Å². The molecule has 52 heavy (non-hydrogen) atoms. The largest absolute Gasteiger partial charge is 0.390 e. The molecule has 2 fully saturated rings. The number of nitrogens with two attached hydrogens (primary N) is 1. The van der Waals surface area contributed by atoms with Gasteiger partial charge in [0.05, 0.1) is 30.9 Å². The van der Waals surface area contributed by atoms with Crippen LogP contribution in [-0.2, 0) is 27.3 Å². The monoisotopic (exact) mass is 740 g/mol. The molecule has 2 aromatic rings. The normalized spacial score (nSPS) is 17.7. The van der Waals surface area contributed by atoms with E-state index in [1.165, 1.54) is 30.6 Å². The second-order valence-corrected chi connectivity index (χ2v) is 16.6. The summed E-state index contributed by atoms with van der Waals surface area (Å²) in [5.74, 6) is 0.180. The zero-order valence-electron chi connectivity index (χ0n) is 31.8. The highest BCUT2D eigenvalue weighted by molar-refractivity contribution is 7.13. The standard InChI is InChI=1S/C40H64N6O5S/c1-29(2)23-35(47)39(51)34(24-30-13-9-6-10-14-30)46(26-33-28-52-40(41)43-33)37(49)19-18-36(48)45(25-31-15-7-4-5-8-16-31)27-38(50)44(3)22-20-32-17-11-12-21-42-32/h11-12,17,21,28-31,34-35,39,47,51H,4-10,13-16,18-20,22-27H2,1-3H3,(H2,41,43)/t34-,35-,39+/m0/s1. The summed E-state index contributed by atoms with van der Waals surface area (Å²) in [5, 5.41) is 25.1. The predicted molar refractivity (Wildman–Crippen MR) is 206 cm³/mol. The number of carbonyl (C=O) groups is 3. The topological polar surface area (TPSA) is 153 Å². The fourth-order valence-corrected chi connectivity index (χ4v) is 8.47. The lowest BCUT2D eigenvalue weighted by Gasteiger charge is -2.39. The molecule has 2 aromatic heterocycles. The van der Waals surface area contributed by atoms with Gasteiger partial charge in [0.2, 0.25) is 17.7 Å². The van der Waals surface area contributed by atoms with Crippen molar-refractivity contribution in [2.75, 3.05) is 32.4 Å². The minimum atomic E-state index is -1.15. The van der Waals surface area contributed by atoms with Crippen molar-refractivity contribution in [3.8, 4) is 0 Å². The van der Waals surface area contributed by atoms with Gasteiger partial charge >= 0.3 is 0 Å². The van der Waals surface area contributed by atoms with Crippen LogP contribution in [0, 0.1) is 17.8 Å². The average Bonchev–Trinajstić information content (AvgIpc) is 3.37. The third kappa shape index (κ3) is 13.7. The van der Waals surface area contributed by atoms with Crippen molar-refractivity contribution in [1.82, 2.24) is 24.7 Å². The number of amides is 3. The number of likely N-dealkylation sites (N-methyl/N-ethyl adjacent to an activating group) is 1. The maximum Gasteiger partial charge on any atom is 0.241 e. The minimum Gasteiger partial charge on any atom is -0.390 e. The summed E-state index contributed by atoms with van der Waals surface area (Å²) >= 11 is 1.30. The van der Waals surface area contributed by atoms with E-state index in [-0.39, 0.29) is 49.6 Å². The lowest BCUT2D eigenvalue weighted by atomic mass is 9.81. The molecule has 11 nitrogen and oxygen atoms in total. The molecule has 0 aromatic carbocycles. The van der Waals surface area contributed by atoms with Crippen LogP contribution < -0.4 is 5.73 Å². The smallest absolute Gasteiger partial charge is 0.241 e. The van der Waals surface area contributed by atoms with Crippen molar-refractivity contribution in [3.05, 3.63) is 41.2 Å². The minimum absolute atomic E-state index is 0.0333. The second-order valence-electron chi connectivity index (χ2n) is 15.7. The van der Waals surface area contributed by atoms with Crippen LogP contribution in [-0.4, -0.2) is 97.5 Å². The molecule has 4 N–H and O–H groups in total. The highest BCUT2D eigenvalue weighted by Crippen LogP contribution is 2.32. The number of anilines is 1. The first kappa shape index (κ1) is 41.7. The number of aliphatic hydroxyl groups is 2. The zero-order chi connectivity index (χ0) is 37.5. The van der Waals surface area contributed by atoms with Crippen LogP contribution in [0.1, 0.15) is 122 Å². The summed E-state index contributed by atoms with van der Waals surface area (Å²) in [7, 11) is 1.76. The molecule has 2 saturated carbocycles. The van der Waals surface area contributed by atoms with E-state index in [0.29, 0.717) is 55.0 Å². The van der Waals surface area contributed by atoms with Gasteiger partial charge in [-0.1, -0.05) is 77.7 Å². The van der Waals surface area contributed by atoms with Crippen LogP contribution in [0.15, 0.2) is 29.8 Å². The van der Waals surface area contributed by atoms with Crippen LogP contribution in [0.3, 0.4) is 0 Å². The van der Waals surface area contributed by atoms with Gasteiger partial charge in [-0.2, -0.15) is 0 Å². The van der Waals surface area contributed by atoms with Crippen molar-refractivity contribution < 1.29 is 24.6 Å². The number of hydrogen-bond acceptors (Lipinski definition) is 9. The van der Waals surface area contributed by atoms with E-state index in [2.05, 4.69) is 9.97 Å². The molecule has 0 bridgehead atoms. The van der Waals surface area contributed by atoms with Crippen LogP contribution >= 0.6 is 11.3 Å². The Bertz CT molecular complexity index is 1360. The SMILES string of the molecule is CC(C)C[C@H](O)[C@H](O)[C@H](CC1CCCCC1)N(Cc1csc(N)n1)C(=O)CCC(=O)N(CC(=O)N(C)CCc1ccccn1)CC1CCCCCC1. The van der Waals surface area contributed by atoms with Crippen LogP contribution in [0.25, 0.3) is 0 Å². The first-order chi connectivity index (χ1) is 25.0. The van der Waals surface area contributed by atoms with Gasteiger partial charge in [-0.15, -0.1) is 11.3 Å². The molecule has 0 aliphatic heterocycles. The van der Waals surface area contributed by atoms with E-state index in [9.17, 15) is 24.6 Å². The average molecular weight is 741 g/mol. The van der Waals surface area contributed by atoms with Gasteiger partial charge in [-0.25, -0.2) is 4.98 Å². The summed E-state index contributed by atoms with van der Waals surface area (Å²) in [6.07, 6.45) is 13.2. The van der Waals surface area contributed by atoms with Crippen molar-refractivity contribution in [1.29, 1.82) is 0 Å². The van der Waals surface area contributed by atoms with Gasteiger partial charge in [0.25, 0.3) is 0 Å². The van der Waals surface area contributed by atoms with Crippen molar-refractivity contribution >= 4 is 34.2 Å². The van der Waals surface area contributed by atoms with Gasteiger partial charge in [0, 0.05) is 56.7 Å². The molecule has 3 amide bonds. The van der Waals surface area contributed by atoms with Gasteiger partial charge in [-0.05, 0) is 55.6 Å². The van der Waals surface area contributed by atoms with Crippen molar-refractivity contribution in [2.24, 2.45) is 17.8 Å². The number of rotatable bonds is 19. The third-order valence-corrected chi connectivity index (χ3v) is 11.7. The molecular formula is C40H64N6O5S. The van der Waals surface area contributed by atoms with Gasteiger partial charge in [0.15, 0.2) is 5.13 Å². The number of hydrogen-bond donors (Lipinski definition) is 3. The molecule has 4 rings (SSSR count). The predicted octanol–water partition coefficient (Wildman–Crippen LogP) is 5.84. The number of pyridine rings is 1. The Kier molecular flexibility index (Phi) is 17.3. The molecule has 3 atom stereocenters. The van der Waals surface area contributed by atoms with Crippen molar-refractivity contribution in [3.63, 3.8) is 0 Å². The highest BCUT2D eigenvalue weighted by atomic mass is 32.1. The molecule has 2 heterocycles. The van der Waals surface area contributed by atoms with Crippen molar-refractivity contribution in [2.45, 2.75) is 141 Å². The van der Waals surface area contributed by atoms with Gasteiger partial charge in [0.1, 0.15) is 6.10 Å². The quantitative estimate of drug-likeness (QED) is 0.152. The Balaban J connectivity index is 1.51. The van der Waals surface area contributed by atoms with E-state index >= 15 is 0 Å². The summed E-state index contributed by atoms with van der Waals surface area (Å²) in [6.45, 7) is 5.09. The van der Waals surface area contributed by atoms with E-state index < -0.39 is 18.2 Å². The fraction of sp³-hybridized carbons (Fsp3) is 0.725. The lowest BCUT2D eigenvalue weighted by molar-refractivity contribution is -0.145. The van der Waals surface area contributed by atoms with Crippen LogP contribution in [0.4, 0.5) is 5.13 Å². The van der Waals surface area contributed by atoms with Gasteiger partial charge in [-0.3, -0.25) is 19.4 Å². The maximum atomic E-state index is 14.3. The molecule has 12 heteroatoms. The highest BCUT2D eigenvalue weighted by Gasteiger charge is 2.37. The summed E-state index contributed by atoms with van der Waals surface area (Å²) in [4.78, 5) is 55.7. The zero-order valence-corrected chi connectivity index (χ0v) is 32.7. The number of aliphatic hydroxyl groups excluding tert-OH is 2. The number of nitrogens with zero attached hydrogens (tertiary/aromatic N) is 5. The Morgan fingerprint density at radius 3 is 2.17 bits per heavy atom. The molecule has 2 aliphatic carbocycles. The fourth-order valence-electron chi connectivity index (χ4n) is 7.92. The lowest BCUT2D eigenvalue weighted by Crippen LogP contribution is -2.52. The Morgan fingerprint density at radius 2 is 1.56 bits per heavy atom. The third-order valence-electron chi connectivity index (χ3n) is 11.0. The van der Waals surface area contributed by atoms with E-state index in [4.69, 9.17) is 5.73 Å². The molecule has 290 valence electrons. The first-order valence-electron chi connectivity index (χ1n) is 19.8. The molecule has 0 unspecified atom stereocenters. The molecule has 2 aliphatic rings. The van der Waals surface area contributed by atoms with E-state index in [1.54, 1.807) is 27.9 Å². The first-order valence-corrected chi connectivity index (χ1v) is 20.6. The molecular weight excluding hydrogens is 677 g/mol. The Hall–Kier alpha value is -3.09. The molecule has 0 saturated heterocycles.